The molecule has 3 N–H and O–H groups in total. The summed E-state index contributed by atoms with van der Waals surface area (Å²) in [6, 6.07) is -0.401. The van der Waals surface area contributed by atoms with Crippen LogP contribution in [0.15, 0.2) is 4.52 Å². The summed E-state index contributed by atoms with van der Waals surface area (Å²) < 4.78 is 5.03. The zero-order valence-electron chi connectivity index (χ0n) is 12.2. The van der Waals surface area contributed by atoms with E-state index in [2.05, 4.69) is 15.8 Å². The molecule has 0 aliphatic carbocycles. The van der Waals surface area contributed by atoms with E-state index in [-0.39, 0.29) is 6.42 Å². The number of carbonyl (C=O) groups is 2. The fraction of sp³-hybridized carbons (Fsp3) is 0.615. The van der Waals surface area contributed by atoms with Gasteiger partial charge in [0.25, 0.3) is 0 Å². The molecule has 0 saturated carbocycles. The number of hydrogen-bond acceptors (Lipinski definition) is 4. The minimum Gasteiger partial charge on any atom is -0.481 e. The van der Waals surface area contributed by atoms with Crippen LogP contribution in [0.3, 0.4) is 0 Å². The normalized spacial score (nSPS) is 11.2. The Morgan fingerprint density at radius 2 is 2.05 bits per heavy atom. The summed E-state index contributed by atoms with van der Waals surface area (Å²) in [6.07, 6.45) is 0.994. The van der Waals surface area contributed by atoms with Gasteiger partial charge in [0.15, 0.2) is 5.76 Å². The zero-order valence-corrected chi connectivity index (χ0v) is 12.2. The number of aryl methyl sites for hydroxylation is 2. The van der Waals surface area contributed by atoms with E-state index in [0.717, 1.165) is 0 Å². The van der Waals surface area contributed by atoms with Crippen LogP contribution in [0.5, 0.6) is 0 Å². The van der Waals surface area contributed by atoms with Crippen molar-refractivity contribution in [3.63, 3.8) is 0 Å². The fourth-order valence-corrected chi connectivity index (χ4v) is 1.75. The van der Waals surface area contributed by atoms with E-state index < -0.39 is 17.5 Å². The average molecular weight is 283 g/mol. The van der Waals surface area contributed by atoms with Gasteiger partial charge in [0.1, 0.15) is 11.4 Å². The van der Waals surface area contributed by atoms with Gasteiger partial charge in [-0.3, -0.25) is 4.79 Å². The second-order valence-corrected chi connectivity index (χ2v) is 5.27. The molecule has 0 radical (unpaired) electrons. The quantitative estimate of drug-likeness (QED) is 0.743. The molecule has 1 rings (SSSR count). The van der Waals surface area contributed by atoms with Crippen molar-refractivity contribution >= 4 is 17.7 Å². The molecule has 0 bridgehead atoms. The van der Waals surface area contributed by atoms with Crippen molar-refractivity contribution in [2.75, 3.05) is 5.32 Å². The standard InChI is InChI=1S/C13H21N3O4/c1-5-9-11(8(2)20-16-9)14-12(19)15-13(3,4)7-6-10(17)18/h5-7H2,1-4H3,(H,17,18)(H2,14,15,19). The molecule has 112 valence electrons. The van der Waals surface area contributed by atoms with Crippen LogP contribution in [0, 0.1) is 6.92 Å². The molecule has 0 aliphatic rings. The van der Waals surface area contributed by atoms with E-state index in [4.69, 9.17) is 9.63 Å². The van der Waals surface area contributed by atoms with Crippen LogP contribution in [-0.2, 0) is 11.2 Å². The summed E-state index contributed by atoms with van der Waals surface area (Å²) in [7, 11) is 0. The van der Waals surface area contributed by atoms with Crippen LogP contribution in [0.25, 0.3) is 0 Å². The highest BCUT2D eigenvalue weighted by Gasteiger charge is 2.23. The number of amides is 2. The Morgan fingerprint density at radius 1 is 1.40 bits per heavy atom. The molecule has 1 heterocycles. The van der Waals surface area contributed by atoms with Crippen LogP contribution >= 0.6 is 0 Å². The maximum Gasteiger partial charge on any atom is 0.319 e. The lowest BCUT2D eigenvalue weighted by Crippen LogP contribution is -2.45. The molecule has 2 amide bonds. The topological polar surface area (TPSA) is 104 Å². The first-order chi connectivity index (χ1) is 9.25. The Morgan fingerprint density at radius 3 is 2.60 bits per heavy atom. The lowest BCUT2D eigenvalue weighted by Gasteiger charge is -2.25. The van der Waals surface area contributed by atoms with Gasteiger partial charge in [-0.25, -0.2) is 4.79 Å². The number of carboxylic acids is 1. The van der Waals surface area contributed by atoms with Crippen LogP contribution < -0.4 is 10.6 Å². The van der Waals surface area contributed by atoms with Crippen molar-refractivity contribution in [1.82, 2.24) is 10.5 Å². The van der Waals surface area contributed by atoms with Gasteiger partial charge in [-0.05, 0) is 33.6 Å². The number of hydrogen-bond donors (Lipinski definition) is 3. The second kappa shape index (κ2) is 6.40. The van der Waals surface area contributed by atoms with Gasteiger partial charge in [-0.1, -0.05) is 12.1 Å². The number of rotatable bonds is 6. The molecule has 0 aromatic carbocycles. The largest absolute Gasteiger partial charge is 0.481 e. The highest BCUT2D eigenvalue weighted by molar-refractivity contribution is 5.90. The van der Waals surface area contributed by atoms with Gasteiger partial charge in [0, 0.05) is 12.0 Å². The number of anilines is 1. The second-order valence-electron chi connectivity index (χ2n) is 5.27. The number of urea groups is 1. The minimum atomic E-state index is -0.886. The molecular weight excluding hydrogens is 262 g/mol. The summed E-state index contributed by atoms with van der Waals surface area (Å²) in [4.78, 5) is 22.5. The lowest BCUT2D eigenvalue weighted by molar-refractivity contribution is -0.137. The van der Waals surface area contributed by atoms with Gasteiger partial charge >= 0.3 is 12.0 Å². The van der Waals surface area contributed by atoms with E-state index in [9.17, 15) is 9.59 Å². The fourth-order valence-electron chi connectivity index (χ4n) is 1.75. The first-order valence-corrected chi connectivity index (χ1v) is 6.51. The van der Waals surface area contributed by atoms with Crippen LogP contribution in [0.2, 0.25) is 0 Å². The SMILES string of the molecule is CCc1noc(C)c1NC(=O)NC(C)(C)CCC(=O)O. The molecule has 1 aromatic rings. The average Bonchev–Trinajstić information content (AvgIpc) is 2.67. The highest BCUT2D eigenvalue weighted by Crippen LogP contribution is 2.20. The summed E-state index contributed by atoms with van der Waals surface area (Å²) >= 11 is 0. The van der Waals surface area contributed by atoms with Crippen LogP contribution in [0.1, 0.15) is 45.1 Å². The summed E-state index contributed by atoms with van der Waals surface area (Å²) in [5, 5.41) is 18.0. The predicted octanol–water partition coefficient (Wildman–Crippen LogP) is 2.31. The number of aliphatic carboxylic acids is 1. The van der Waals surface area contributed by atoms with Crippen molar-refractivity contribution < 1.29 is 19.2 Å². The van der Waals surface area contributed by atoms with Crippen molar-refractivity contribution in [2.24, 2.45) is 0 Å². The third kappa shape index (κ3) is 4.56. The van der Waals surface area contributed by atoms with Crippen LogP contribution in [0.4, 0.5) is 10.5 Å². The van der Waals surface area contributed by atoms with Crippen molar-refractivity contribution in [3.8, 4) is 0 Å². The number of carboxylic acid groups (broad SMARTS) is 1. The molecule has 7 nitrogen and oxygen atoms in total. The van der Waals surface area contributed by atoms with Gasteiger partial charge < -0.3 is 20.3 Å². The molecule has 0 spiro atoms. The molecule has 0 saturated heterocycles. The third-order valence-corrected chi connectivity index (χ3v) is 2.92. The third-order valence-electron chi connectivity index (χ3n) is 2.92. The minimum absolute atomic E-state index is 0.000215. The van der Waals surface area contributed by atoms with E-state index >= 15 is 0 Å². The van der Waals surface area contributed by atoms with Crippen molar-refractivity contribution in [1.29, 1.82) is 0 Å². The Balaban J connectivity index is 2.63. The maximum absolute atomic E-state index is 12.0. The summed E-state index contributed by atoms with van der Waals surface area (Å²) in [5.41, 5.74) is 0.639. The molecule has 0 unspecified atom stereocenters. The summed E-state index contributed by atoms with van der Waals surface area (Å²) in [5.74, 6) is -0.344. The van der Waals surface area contributed by atoms with E-state index in [0.29, 0.717) is 30.0 Å². The lowest BCUT2D eigenvalue weighted by atomic mass is 9.99. The first-order valence-electron chi connectivity index (χ1n) is 6.51. The monoisotopic (exact) mass is 283 g/mol. The van der Waals surface area contributed by atoms with Crippen molar-refractivity contribution in [3.05, 3.63) is 11.5 Å². The van der Waals surface area contributed by atoms with Gasteiger partial charge in [0.2, 0.25) is 0 Å². The highest BCUT2D eigenvalue weighted by atomic mass is 16.5. The number of carbonyl (C=O) groups excluding carboxylic acids is 1. The molecular formula is C13H21N3O4. The van der Waals surface area contributed by atoms with E-state index in [1.54, 1.807) is 20.8 Å². The van der Waals surface area contributed by atoms with Gasteiger partial charge in [0.05, 0.1) is 0 Å². The first kappa shape index (κ1) is 16.0. The van der Waals surface area contributed by atoms with Crippen molar-refractivity contribution in [2.45, 2.75) is 52.5 Å². The van der Waals surface area contributed by atoms with Gasteiger partial charge in [-0.15, -0.1) is 0 Å². The Hall–Kier alpha value is -2.05. The van der Waals surface area contributed by atoms with Gasteiger partial charge in [-0.2, -0.15) is 0 Å². The predicted molar refractivity (Wildman–Crippen MR) is 73.7 cm³/mol. The molecule has 1 aromatic heterocycles. The molecule has 0 atom stereocenters. The zero-order chi connectivity index (χ0) is 15.3. The molecule has 0 fully saturated rings. The molecule has 0 aliphatic heterocycles. The maximum atomic E-state index is 12.0. The summed E-state index contributed by atoms with van der Waals surface area (Å²) in [6.45, 7) is 7.18. The molecule has 7 heteroatoms. The van der Waals surface area contributed by atoms with Crippen LogP contribution in [-0.4, -0.2) is 27.8 Å². The number of nitrogens with one attached hydrogen (secondary N) is 2. The number of aromatic nitrogens is 1. The molecule has 20 heavy (non-hydrogen) atoms. The smallest absolute Gasteiger partial charge is 0.319 e. The Bertz CT molecular complexity index is 494. The van der Waals surface area contributed by atoms with E-state index in [1.165, 1.54) is 0 Å². The van der Waals surface area contributed by atoms with E-state index in [1.807, 2.05) is 6.92 Å². The Labute approximate surface area is 117 Å². The number of nitrogens with zero attached hydrogens (tertiary/aromatic N) is 1. The Kier molecular flexibility index (Phi) is 5.12.